The largest absolute Gasteiger partial charge is 0.465 e. The van der Waals surface area contributed by atoms with Crippen LogP contribution in [0.5, 0.6) is 0 Å². The minimum atomic E-state index is -4.82. The Labute approximate surface area is 199 Å². The third-order valence-corrected chi connectivity index (χ3v) is 6.35. The molecule has 1 fully saturated rings. The lowest BCUT2D eigenvalue weighted by Gasteiger charge is -2.35. The van der Waals surface area contributed by atoms with Crippen molar-refractivity contribution in [2.24, 2.45) is 0 Å². The van der Waals surface area contributed by atoms with E-state index in [4.69, 9.17) is 0 Å². The normalized spacial score (nSPS) is 17.4. The van der Waals surface area contributed by atoms with Crippen LogP contribution in [-0.2, 0) is 0 Å². The van der Waals surface area contributed by atoms with Gasteiger partial charge in [0.05, 0.1) is 5.52 Å². The predicted octanol–water partition coefficient (Wildman–Crippen LogP) is 4.65. The summed E-state index contributed by atoms with van der Waals surface area (Å²) in [7, 11) is 0. The van der Waals surface area contributed by atoms with E-state index in [1.54, 1.807) is 6.07 Å². The maximum absolute atomic E-state index is 14.2. The van der Waals surface area contributed by atoms with Gasteiger partial charge in [-0.1, -0.05) is 34.1 Å². The third kappa shape index (κ3) is 4.07. The summed E-state index contributed by atoms with van der Waals surface area (Å²) in [6.07, 6.45) is -4.90. The fourth-order valence-corrected chi connectivity index (χ4v) is 4.67. The first kappa shape index (κ1) is 22.5. The highest BCUT2D eigenvalue weighted by molar-refractivity contribution is 9.10. The van der Waals surface area contributed by atoms with E-state index in [2.05, 4.69) is 36.4 Å². The number of aromatic nitrogens is 4. The predicted molar refractivity (Wildman–Crippen MR) is 121 cm³/mol. The summed E-state index contributed by atoms with van der Waals surface area (Å²) >= 11 is 3.41. The molecule has 0 spiro atoms. The number of carboxylic acid groups (broad SMARTS) is 1. The molecule has 3 aromatic heterocycles. The Morgan fingerprint density at radius 1 is 1.21 bits per heavy atom. The fraction of sp³-hybridized carbons (Fsp3) is 0.273. The molecular weight excluding hydrogens is 517 g/mol. The van der Waals surface area contributed by atoms with E-state index >= 15 is 0 Å². The summed E-state index contributed by atoms with van der Waals surface area (Å²) in [4.78, 5) is 17.0. The van der Waals surface area contributed by atoms with Crippen molar-refractivity contribution in [1.82, 2.24) is 29.8 Å². The highest BCUT2D eigenvalue weighted by atomic mass is 79.9. The molecule has 5 rings (SSSR count). The smallest absolute Gasteiger partial charge is 0.413 e. The van der Waals surface area contributed by atoms with E-state index in [-0.39, 0.29) is 17.9 Å². The van der Waals surface area contributed by atoms with Gasteiger partial charge in [-0.2, -0.15) is 13.2 Å². The zero-order valence-corrected chi connectivity index (χ0v) is 19.1. The van der Waals surface area contributed by atoms with Crippen LogP contribution in [-0.4, -0.2) is 61.0 Å². The monoisotopic (exact) mass is 534 g/mol. The van der Waals surface area contributed by atoms with Gasteiger partial charge in [-0.25, -0.2) is 9.78 Å². The number of benzene rings is 1. The lowest BCUT2D eigenvalue weighted by molar-refractivity contribution is -0.185. The highest BCUT2D eigenvalue weighted by Gasteiger charge is 2.49. The number of carbonyl (C=O) groups is 1. The maximum Gasteiger partial charge on any atom is 0.413 e. The topological polar surface area (TPSA) is 95.6 Å². The number of amides is 1. The van der Waals surface area contributed by atoms with Crippen LogP contribution in [0.15, 0.2) is 53.1 Å². The summed E-state index contributed by atoms with van der Waals surface area (Å²) in [5.74, 6) is 0.254. The first-order valence-corrected chi connectivity index (χ1v) is 11.2. The molecule has 4 heterocycles. The van der Waals surface area contributed by atoms with Crippen molar-refractivity contribution < 1.29 is 23.1 Å². The molecule has 34 heavy (non-hydrogen) atoms. The van der Waals surface area contributed by atoms with Crippen LogP contribution in [0.1, 0.15) is 18.0 Å². The van der Waals surface area contributed by atoms with Crippen LogP contribution in [0.25, 0.3) is 28.1 Å². The van der Waals surface area contributed by atoms with Crippen LogP contribution in [0, 0.1) is 0 Å². The number of pyridine rings is 2. The van der Waals surface area contributed by atoms with Gasteiger partial charge >= 0.3 is 12.3 Å². The molecule has 0 bridgehead atoms. The number of hydrogen-bond donors (Lipinski definition) is 2. The Bertz CT molecular complexity index is 1390. The number of fused-ring (bicyclic) bond motifs is 2. The summed E-state index contributed by atoms with van der Waals surface area (Å²) in [6, 6.07) is 8.67. The van der Waals surface area contributed by atoms with Crippen molar-refractivity contribution >= 4 is 38.6 Å². The van der Waals surface area contributed by atoms with Gasteiger partial charge in [-0.15, -0.1) is 10.2 Å². The molecule has 176 valence electrons. The van der Waals surface area contributed by atoms with Crippen molar-refractivity contribution in [3.63, 3.8) is 0 Å². The molecule has 12 heteroatoms. The summed E-state index contributed by atoms with van der Waals surface area (Å²) in [5.41, 5.74) is 1.20. The van der Waals surface area contributed by atoms with Gasteiger partial charge in [-0.3, -0.25) is 9.30 Å². The van der Waals surface area contributed by atoms with Crippen molar-refractivity contribution in [2.75, 3.05) is 13.1 Å². The van der Waals surface area contributed by atoms with Crippen LogP contribution in [0.3, 0.4) is 0 Å². The molecule has 1 aliphatic heterocycles. The Balaban J connectivity index is 1.63. The highest BCUT2D eigenvalue weighted by Crippen LogP contribution is 2.40. The van der Waals surface area contributed by atoms with Crippen molar-refractivity contribution in [3.05, 3.63) is 58.7 Å². The second kappa shape index (κ2) is 8.51. The average Bonchev–Trinajstić information content (AvgIpc) is 3.45. The molecule has 0 saturated carbocycles. The Kier molecular flexibility index (Phi) is 5.64. The van der Waals surface area contributed by atoms with Crippen LogP contribution in [0.4, 0.5) is 18.0 Å². The van der Waals surface area contributed by atoms with Gasteiger partial charge in [-0.05, 0) is 37.2 Å². The maximum atomic E-state index is 14.2. The fourth-order valence-electron chi connectivity index (χ4n) is 4.32. The second-order valence-electron chi connectivity index (χ2n) is 8.03. The van der Waals surface area contributed by atoms with Crippen LogP contribution in [0.2, 0.25) is 0 Å². The quantitative estimate of drug-likeness (QED) is 0.395. The molecule has 1 amide bonds. The van der Waals surface area contributed by atoms with E-state index in [1.165, 1.54) is 22.7 Å². The lowest BCUT2D eigenvalue weighted by atomic mass is 10.0. The van der Waals surface area contributed by atoms with Crippen LogP contribution < -0.4 is 5.32 Å². The molecule has 1 aromatic carbocycles. The number of rotatable bonds is 4. The molecule has 0 aliphatic carbocycles. The standard InChI is InChI=1S/C22H18BrF3N6O2/c23-14-4-1-12-2-5-16(28-17(12)9-14)20-30-29-18-6-3-13(11-31(18)20)19(22(24,25)26)32(21(33)34)15-7-8-27-10-15/h1-6,9,11,15,19,27H,7-8,10H2,(H,33,34)/t15-,19?/m0/s1. The van der Waals surface area contributed by atoms with E-state index in [1.807, 2.05) is 24.3 Å². The number of hydrogen-bond acceptors (Lipinski definition) is 5. The van der Waals surface area contributed by atoms with Crippen molar-refractivity contribution in [3.8, 4) is 11.5 Å². The number of nitrogens with zero attached hydrogens (tertiary/aromatic N) is 5. The van der Waals surface area contributed by atoms with Crippen molar-refractivity contribution in [2.45, 2.75) is 24.7 Å². The molecule has 1 aliphatic rings. The van der Waals surface area contributed by atoms with Gasteiger partial charge in [0.25, 0.3) is 0 Å². The first-order chi connectivity index (χ1) is 16.2. The van der Waals surface area contributed by atoms with Gasteiger partial charge in [0.15, 0.2) is 17.5 Å². The Morgan fingerprint density at radius 3 is 2.71 bits per heavy atom. The average molecular weight is 535 g/mol. The molecule has 4 aromatic rings. The minimum absolute atomic E-state index is 0.162. The molecule has 0 radical (unpaired) electrons. The van der Waals surface area contributed by atoms with E-state index in [9.17, 15) is 23.1 Å². The van der Waals surface area contributed by atoms with E-state index in [0.717, 1.165) is 9.86 Å². The van der Waals surface area contributed by atoms with Gasteiger partial charge in [0.2, 0.25) is 0 Å². The number of halogens is 4. The minimum Gasteiger partial charge on any atom is -0.465 e. The zero-order chi connectivity index (χ0) is 24.0. The van der Waals surface area contributed by atoms with Crippen molar-refractivity contribution in [1.29, 1.82) is 0 Å². The Morgan fingerprint density at radius 2 is 2.00 bits per heavy atom. The molecule has 2 N–H and O–H groups in total. The zero-order valence-electron chi connectivity index (χ0n) is 17.5. The molecule has 2 atom stereocenters. The van der Waals surface area contributed by atoms with Gasteiger partial charge in [0, 0.05) is 34.2 Å². The van der Waals surface area contributed by atoms with E-state index in [0.29, 0.717) is 34.7 Å². The molecule has 1 unspecified atom stereocenters. The first-order valence-electron chi connectivity index (χ1n) is 10.4. The lowest BCUT2D eigenvalue weighted by Crippen LogP contribution is -2.48. The SMILES string of the molecule is O=C(O)N(C(c1ccc2nnc(-c3ccc4ccc(Br)cc4n3)n2c1)C(F)(F)F)[C@H]1CCNC1. The van der Waals surface area contributed by atoms with E-state index < -0.39 is 24.4 Å². The van der Waals surface area contributed by atoms with Gasteiger partial charge in [0.1, 0.15) is 5.69 Å². The third-order valence-electron chi connectivity index (χ3n) is 5.86. The molecule has 8 nitrogen and oxygen atoms in total. The second-order valence-corrected chi connectivity index (χ2v) is 8.94. The number of alkyl halides is 3. The Hall–Kier alpha value is -3.25. The van der Waals surface area contributed by atoms with Crippen LogP contribution >= 0.6 is 15.9 Å². The summed E-state index contributed by atoms with van der Waals surface area (Å²) in [5, 5.41) is 21.7. The van der Waals surface area contributed by atoms with Gasteiger partial charge < -0.3 is 10.4 Å². The summed E-state index contributed by atoms with van der Waals surface area (Å²) in [6.45, 7) is 0.618. The molecule has 1 saturated heterocycles. The molecular formula is C22H18BrF3N6O2. The summed E-state index contributed by atoms with van der Waals surface area (Å²) < 4.78 is 45.0. The number of nitrogens with one attached hydrogen (secondary N) is 1.